The van der Waals surface area contributed by atoms with E-state index in [0.717, 1.165) is 5.56 Å². The average Bonchev–Trinajstić information content (AvgIpc) is 2.58. The molecule has 0 radical (unpaired) electrons. The molecule has 0 saturated carbocycles. The van der Waals surface area contributed by atoms with E-state index in [0.29, 0.717) is 5.75 Å². The third-order valence-corrected chi connectivity index (χ3v) is 3.17. The number of aryl methyl sites for hydroxylation is 1. The predicted molar refractivity (Wildman–Crippen MR) is 87.2 cm³/mol. The number of para-hydroxylation sites is 3. The second-order valence-electron chi connectivity index (χ2n) is 5.17. The highest BCUT2D eigenvalue weighted by Gasteiger charge is 2.12. The van der Waals surface area contributed by atoms with E-state index in [4.69, 9.17) is 14.2 Å². The molecule has 24 heavy (non-hydrogen) atoms. The Balaban J connectivity index is 1.68. The zero-order valence-electron chi connectivity index (χ0n) is 13.3. The van der Waals surface area contributed by atoms with Gasteiger partial charge < -0.3 is 24.4 Å². The summed E-state index contributed by atoms with van der Waals surface area (Å²) in [5.74, 6) is 0.161. The molecule has 0 heterocycles. The molecule has 2 aromatic rings. The minimum absolute atomic E-state index is 0.0124. The molecule has 0 spiro atoms. The maximum absolute atomic E-state index is 11.6. The molecule has 0 aliphatic rings. The molecule has 6 nitrogen and oxygen atoms in total. The first-order valence-corrected chi connectivity index (χ1v) is 7.49. The molecule has 0 aromatic heterocycles. The van der Waals surface area contributed by atoms with Crippen molar-refractivity contribution in [3.63, 3.8) is 0 Å². The molecule has 2 rings (SSSR count). The van der Waals surface area contributed by atoms with Gasteiger partial charge in [0.05, 0.1) is 0 Å². The Kier molecular flexibility index (Phi) is 6.45. The standard InChI is InChI=1S/C18H20O6/c1-13-6-2-4-8-16(13)22-10-14(19)11-24-18(21)12-23-17-9-5-3-7-15(17)20/h2-9,14,19-20H,10-12H2,1H3/t14-/m0/s1. The molecule has 0 unspecified atom stereocenters. The number of aliphatic hydroxyl groups is 1. The number of hydrogen-bond donors (Lipinski definition) is 2. The summed E-state index contributed by atoms with van der Waals surface area (Å²) in [6.07, 6.45) is -0.946. The molecule has 0 bridgehead atoms. The van der Waals surface area contributed by atoms with Gasteiger partial charge >= 0.3 is 5.97 Å². The first-order chi connectivity index (χ1) is 11.6. The van der Waals surface area contributed by atoms with Gasteiger partial charge in [-0.25, -0.2) is 4.79 Å². The zero-order chi connectivity index (χ0) is 17.4. The minimum Gasteiger partial charge on any atom is -0.504 e. The van der Waals surface area contributed by atoms with E-state index < -0.39 is 12.1 Å². The molecule has 2 N–H and O–H groups in total. The van der Waals surface area contributed by atoms with Crippen LogP contribution in [0.25, 0.3) is 0 Å². The third-order valence-electron chi connectivity index (χ3n) is 3.17. The smallest absolute Gasteiger partial charge is 0.344 e. The van der Waals surface area contributed by atoms with Crippen molar-refractivity contribution in [2.75, 3.05) is 19.8 Å². The van der Waals surface area contributed by atoms with Crippen LogP contribution in [0, 0.1) is 6.92 Å². The molecule has 0 amide bonds. The van der Waals surface area contributed by atoms with Crippen LogP contribution in [0.15, 0.2) is 48.5 Å². The van der Waals surface area contributed by atoms with E-state index in [2.05, 4.69) is 0 Å². The normalized spacial score (nSPS) is 11.6. The summed E-state index contributed by atoms with van der Waals surface area (Å²) in [4.78, 5) is 11.6. The zero-order valence-corrected chi connectivity index (χ0v) is 13.3. The Morgan fingerprint density at radius 1 is 1.00 bits per heavy atom. The van der Waals surface area contributed by atoms with Crippen LogP contribution in [0.4, 0.5) is 0 Å². The molecule has 6 heteroatoms. The molecule has 0 saturated heterocycles. The number of phenolic OH excluding ortho intramolecular Hbond substituents is 1. The summed E-state index contributed by atoms with van der Waals surface area (Å²) >= 11 is 0. The Morgan fingerprint density at radius 2 is 1.67 bits per heavy atom. The van der Waals surface area contributed by atoms with Crippen molar-refractivity contribution in [1.29, 1.82) is 0 Å². The van der Waals surface area contributed by atoms with E-state index in [1.165, 1.54) is 12.1 Å². The number of esters is 1. The first-order valence-electron chi connectivity index (χ1n) is 7.49. The van der Waals surface area contributed by atoms with E-state index in [-0.39, 0.29) is 31.3 Å². The van der Waals surface area contributed by atoms with Crippen molar-refractivity contribution in [1.82, 2.24) is 0 Å². The summed E-state index contributed by atoms with van der Waals surface area (Å²) < 4.78 is 15.5. The number of aliphatic hydroxyl groups excluding tert-OH is 1. The van der Waals surface area contributed by atoms with Crippen molar-refractivity contribution < 1.29 is 29.2 Å². The molecule has 1 atom stereocenters. The quantitative estimate of drug-likeness (QED) is 0.720. The number of ether oxygens (including phenoxy) is 3. The number of aromatic hydroxyl groups is 1. The highest BCUT2D eigenvalue weighted by molar-refractivity contribution is 5.71. The molecule has 0 fully saturated rings. The van der Waals surface area contributed by atoms with Gasteiger partial charge in [0.15, 0.2) is 18.1 Å². The average molecular weight is 332 g/mol. The third kappa shape index (κ3) is 5.48. The topological polar surface area (TPSA) is 85.2 Å². The Labute approximate surface area is 140 Å². The first kappa shape index (κ1) is 17.6. The van der Waals surface area contributed by atoms with Gasteiger partial charge in [0, 0.05) is 0 Å². The Hall–Kier alpha value is -2.73. The lowest BCUT2D eigenvalue weighted by Crippen LogP contribution is -2.27. The number of phenols is 1. The van der Waals surface area contributed by atoms with Crippen LogP contribution in [0.1, 0.15) is 5.56 Å². The fourth-order valence-electron chi connectivity index (χ4n) is 1.90. The van der Waals surface area contributed by atoms with Crippen LogP contribution in [-0.2, 0) is 9.53 Å². The molecule has 2 aromatic carbocycles. The minimum atomic E-state index is -0.946. The van der Waals surface area contributed by atoms with Crippen molar-refractivity contribution in [2.24, 2.45) is 0 Å². The van der Waals surface area contributed by atoms with Gasteiger partial charge in [-0.3, -0.25) is 0 Å². The lowest BCUT2D eigenvalue weighted by Gasteiger charge is -2.14. The van der Waals surface area contributed by atoms with Crippen LogP contribution in [0.5, 0.6) is 17.2 Å². The second-order valence-corrected chi connectivity index (χ2v) is 5.17. The summed E-state index contributed by atoms with van der Waals surface area (Å²) in [5, 5.41) is 19.3. The van der Waals surface area contributed by atoms with Gasteiger partial charge in [-0.2, -0.15) is 0 Å². The van der Waals surface area contributed by atoms with Crippen molar-refractivity contribution in [3.8, 4) is 17.2 Å². The van der Waals surface area contributed by atoms with E-state index in [1.54, 1.807) is 18.2 Å². The van der Waals surface area contributed by atoms with Gasteiger partial charge in [-0.15, -0.1) is 0 Å². The Bertz CT molecular complexity index is 670. The molecular formula is C18H20O6. The van der Waals surface area contributed by atoms with Crippen LogP contribution < -0.4 is 9.47 Å². The SMILES string of the molecule is Cc1ccccc1OC[C@H](O)COC(=O)COc1ccccc1O. The fraction of sp³-hybridized carbons (Fsp3) is 0.278. The molecule has 0 aliphatic carbocycles. The molecular weight excluding hydrogens is 312 g/mol. The molecule has 128 valence electrons. The predicted octanol–water partition coefficient (Wildman–Crippen LogP) is 2.06. The molecule has 0 aliphatic heterocycles. The van der Waals surface area contributed by atoms with E-state index in [1.807, 2.05) is 25.1 Å². The summed E-state index contributed by atoms with van der Waals surface area (Å²) in [5.41, 5.74) is 0.956. The van der Waals surface area contributed by atoms with Crippen molar-refractivity contribution >= 4 is 5.97 Å². The monoisotopic (exact) mass is 332 g/mol. The van der Waals surface area contributed by atoms with Gasteiger partial charge in [0.2, 0.25) is 0 Å². The maximum atomic E-state index is 11.6. The number of carbonyl (C=O) groups excluding carboxylic acids is 1. The lowest BCUT2D eigenvalue weighted by atomic mass is 10.2. The van der Waals surface area contributed by atoms with Crippen LogP contribution in [-0.4, -0.2) is 42.1 Å². The second kappa shape index (κ2) is 8.79. The van der Waals surface area contributed by atoms with Gasteiger partial charge in [0.1, 0.15) is 25.1 Å². The van der Waals surface area contributed by atoms with E-state index >= 15 is 0 Å². The van der Waals surface area contributed by atoms with Crippen molar-refractivity contribution in [3.05, 3.63) is 54.1 Å². The highest BCUT2D eigenvalue weighted by Crippen LogP contribution is 2.24. The maximum Gasteiger partial charge on any atom is 0.344 e. The van der Waals surface area contributed by atoms with Crippen LogP contribution in [0.2, 0.25) is 0 Å². The lowest BCUT2D eigenvalue weighted by molar-refractivity contribution is -0.149. The van der Waals surface area contributed by atoms with Gasteiger partial charge in [-0.05, 0) is 30.7 Å². The highest BCUT2D eigenvalue weighted by atomic mass is 16.6. The summed E-state index contributed by atoms with van der Waals surface area (Å²) in [7, 11) is 0. The number of hydrogen-bond acceptors (Lipinski definition) is 6. The number of benzene rings is 2. The van der Waals surface area contributed by atoms with Gasteiger partial charge in [-0.1, -0.05) is 30.3 Å². The Morgan fingerprint density at radius 3 is 2.38 bits per heavy atom. The van der Waals surface area contributed by atoms with Gasteiger partial charge in [0.25, 0.3) is 0 Å². The van der Waals surface area contributed by atoms with E-state index in [9.17, 15) is 15.0 Å². The van der Waals surface area contributed by atoms with Crippen LogP contribution >= 0.6 is 0 Å². The fourth-order valence-corrected chi connectivity index (χ4v) is 1.90. The van der Waals surface area contributed by atoms with Crippen molar-refractivity contribution in [2.45, 2.75) is 13.0 Å². The summed E-state index contributed by atoms with van der Waals surface area (Å²) in [6.45, 7) is 1.36. The summed E-state index contributed by atoms with van der Waals surface area (Å²) in [6, 6.07) is 13.7. The van der Waals surface area contributed by atoms with Crippen LogP contribution in [0.3, 0.4) is 0 Å². The largest absolute Gasteiger partial charge is 0.504 e. The number of carbonyl (C=O) groups is 1. The number of rotatable bonds is 8.